The number of ketones is 1. The molecule has 0 aliphatic heterocycles. The summed E-state index contributed by atoms with van der Waals surface area (Å²) in [7, 11) is 1.56. The summed E-state index contributed by atoms with van der Waals surface area (Å²) in [6.45, 7) is 8.08. The molecule has 1 aliphatic carbocycles. The molecule has 4 nitrogen and oxygen atoms in total. The minimum absolute atomic E-state index is 0.0432. The van der Waals surface area contributed by atoms with Crippen LogP contribution < -0.4 is 4.46 Å². The van der Waals surface area contributed by atoms with Gasteiger partial charge in [0.1, 0.15) is 0 Å². The van der Waals surface area contributed by atoms with Gasteiger partial charge >= 0.3 is 215 Å². The zero-order valence-electron chi connectivity index (χ0n) is 20.3. The summed E-state index contributed by atoms with van der Waals surface area (Å²) < 4.78 is 12.4. The molecule has 0 unspecified atom stereocenters. The van der Waals surface area contributed by atoms with Gasteiger partial charge in [0, 0.05) is 0 Å². The number of Topliss-reactive ketones (excluding diaryl/α,β-unsaturated/α-hetero) is 1. The number of rotatable bonds is 12. The van der Waals surface area contributed by atoms with Crippen molar-refractivity contribution < 1.29 is 19.4 Å². The van der Waals surface area contributed by atoms with Gasteiger partial charge in [-0.2, -0.15) is 0 Å². The quantitative estimate of drug-likeness (QED) is 0.177. The second kappa shape index (κ2) is 13.1. The normalized spacial score (nSPS) is 25.8. The molecule has 0 heterocycles. The predicted molar refractivity (Wildman–Crippen MR) is 141 cm³/mol. The van der Waals surface area contributed by atoms with Crippen LogP contribution in [0.2, 0.25) is 5.32 Å². The van der Waals surface area contributed by atoms with E-state index < -0.39 is 17.6 Å². The number of ether oxygens (including phenoxy) is 2. The van der Waals surface area contributed by atoms with E-state index in [4.69, 9.17) is 9.47 Å². The van der Waals surface area contributed by atoms with Crippen molar-refractivity contribution in [2.75, 3.05) is 13.9 Å². The summed E-state index contributed by atoms with van der Waals surface area (Å²) in [6, 6.07) is 20.6. The monoisotopic (exact) mass is 548 g/mol. The third-order valence-corrected chi connectivity index (χ3v) is 10.5. The Morgan fingerprint density at radius 2 is 1.85 bits per heavy atom. The first-order chi connectivity index (χ1) is 16.4. The Morgan fingerprint density at radius 3 is 2.47 bits per heavy atom. The average Bonchev–Trinajstić information content (AvgIpc) is 2.85. The van der Waals surface area contributed by atoms with Crippen LogP contribution in [0.25, 0.3) is 0 Å². The topological polar surface area (TPSA) is 55.8 Å². The van der Waals surface area contributed by atoms with Crippen molar-refractivity contribution in [1.82, 2.24) is 0 Å². The van der Waals surface area contributed by atoms with E-state index in [2.05, 4.69) is 43.0 Å². The van der Waals surface area contributed by atoms with Crippen molar-refractivity contribution in [1.29, 1.82) is 0 Å². The second-order valence-electron chi connectivity index (χ2n) is 9.07. The first kappa shape index (κ1) is 27.2. The Balaban J connectivity index is 1.79. The number of carbonyl (C=O) groups excluding carboxylic acids is 1. The van der Waals surface area contributed by atoms with Gasteiger partial charge in [0.15, 0.2) is 0 Å². The Kier molecular flexibility index (Phi) is 10.4. The molecule has 34 heavy (non-hydrogen) atoms. The maximum atomic E-state index is 14.0. The molecule has 0 saturated heterocycles. The van der Waals surface area contributed by atoms with Gasteiger partial charge in [-0.25, -0.2) is 0 Å². The molecule has 5 atom stereocenters. The van der Waals surface area contributed by atoms with Gasteiger partial charge in [-0.3, -0.25) is 0 Å². The molecule has 0 radical (unpaired) electrons. The van der Waals surface area contributed by atoms with E-state index in [9.17, 15) is 9.90 Å². The van der Waals surface area contributed by atoms with Crippen molar-refractivity contribution in [3.63, 3.8) is 0 Å². The Bertz CT molecular complexity index is 923. The number of aliphatic hydroxyl groups excluding tert-OH is 1. The fraction of sp³-hybridized carbons (Fsp3) is 0.464. The molecular weight excluding hydrogens is 511 g/mol. The van der Waals surface area contributed by atoms with E-state index >= 15 is 0 Å². The number of hydrogen-bond acceptors (Lipinski definition) is 5. The van der Waals surface area contributed by atoms with Gasteiger partial charge < -0.3 is 0 Å². The molecule has 184 valence electrons. The molecule has 0 aromatic heterocycles. The molecule has 1 N–H and O–H groups in total. The summed E-state index contributed by atoms with van der Waals surface area (Å²) in [4.78, 5) is 15.1. The van der Waals surface area contributed by atoms with Crippen LogP contribution in [0, 0.1) is 11.3 Å². The third kappa shape index (κ3) is 6.63. The second-order valence-corrected chi connectivity index (χ2v) is 12.8. The van der Waals surface area contributed by atoms with E-state index in [1.54, 1.807) is 18.9 Å². The number of methoxy groups -OCH3 is 1. The van der Waals surface area contributed by atoms with Gasteiger partial charge in [0.05, 0.1) is 0 Å². The summed E-state index contributed by atoms with van der Waals surface area (Å²) in [6.07, 6.45) is 0.800. The van der Waals surface area contributed by atoms with E-state index in [1.165, 1.54) is 4.46 Å². The zero-order chi connectivity index (χ0) is 24.6. The van der Waals surface area contributed by atoms with Crippen LogP contribution >= 0.6 is 11.8 Å². The number of benzene rings is 2. The zero-order valence-corrected chi connectivity index (χ0v) is 22.8. The average molecular weight is 548 g/mol. The minimum atomic E-state index is -0.926. The van der Waals surface area contributed by atoms with Crippen LogP contribution in [0.15, 0.2) is 77.7 Å². The first-order valence-electron chi connectivity index (χ1n) is 11.8. The maximum absolute atomic E-state index is 14.0. The molecule has 6 heteroatoms. The third-order valence-electron chi connectivity index (χ3n) is 6.64. The van der Waals surface area contributed by atoms with Crippen LogP contribution in [0.1, 0.15) is 33.1 Å². The number of carbonyl (C=O) groups is 1. The van der Waals surface area contributed by atoms with Crippen LogP contribution in [-0.2, 0) is 14.3 Å². The van der Waals surface area contributed by atoms with Crippen molar-refractivity contribution in [2.45, 2.75) is 60.8 Å². The first-order valence-corrected chi connectivity index (χ1v) is 14.7. The van der Waals surface area contributed by atoms with Crippen LogP contribution in [0.3, 0.4) is 0 Å². The van der Waals surface area contributed by atoms with Crippen molar-refractivity contribution in [2.24, 2.45) is 11.3 Å². The molecule has 2 aromatic rings. The fourth-order valence-electron chi connectivity index (χ4n) is 4.54. The van der Waals surface area contributed by atoms with Gasteiger partial charge in [0.25, 0.3) is 0 Å². The molecule has 1 aliphatic rings. The number of aliphatic hydroxyl groups is 1. The van der Waals surface area contributed by atoms with Gasteiger partial charge in [-0.1, -0.05) is 0 Å². The van der Waals surface area contributed by atoms with Gasteiger partial charge in [-0.05, 0) is 0 Å². The Hall–Kier alpha value is -1.40. The fourth-order valence-corrected chi connectivity index (χ4v) is 7.88. The SMILES string of the molecule is C=C(C)[C@@H]1C[C@@H](Sc2ccccc2)[C@](C)([C@@H](O)CCC[Se]c2ccccc2)C(=O)[C@@H]1OCOC. The Morgan fingerprint density at radius 1 is 1.21 bits per heavy atom. The summed E-state index contributed by atoms with van der Waals surface area (Å²) in [5, 5.41) is 12.4. The van der Waals surface area contributed by atoms with Crippen LogP contribution in [-0.4, -0.2) is 57.2 Å². The summed E-state index contributed by atoms with van der Waals surface area (Å²) in [5.74, 6) is -0.149. The molecule has 2 aromatic carbocycles. The molecule has 0 amide bonds. The van der Waals surface area contributed by atoms with E-state index in [1.807, 2.05) is 38.1 Å². The van der Waals surface area contributed by atoms with E-state index in [0.29, 0.717) is 21.4 Å². The predicted octanol–water partition coefficient (Wildman–Crippen LogP) is 4.90. The molecule has 1 saturated carbocycles. The summed E-state index contributed by atoms with van der Waals surface area (Å²) >= 11 is 2.05. The van der Waals surface area contributed by atoms with Crippen molar-refractivity contribution >= 4 is 37.0 Å². The molecule has 0 spiro atoms. The van der Waals surface area contributed by atoms with Crippen molar-refractivity contribution in [3.8, 4) is 0 Å². The van der Waals surface area contributed by atoms with Gasteiger partial charge in [0.2, 0.25) is 0 Å². The molecular formula is C28H36O4SSe. The van der Waals surface area contributed by atoms with Crippen LogP contribution in [0.5, 0.6) is 0 Å². The van der Waals surface area contributed by atoms with Gasteiger partial charge in [-0.15, -0.1) is 0 Å². The number of thioether (sulfide) groups is 1. The molecule has 1 fully saturated rings. The standard InChI is InChI=1S/C28H36O4SSe/c1-20(2)23-18-25(33-21-12-7-5-8-13-21)28(3,27(30)26(23)32-19-31-4)24(29)16-11-17-34-22-14-9-6-10-15-22/h5-10,12-15,23-26,29H,1,11,16-19H2,2-4H3/t23-,24-,25+,26+,28-/m0/s1. The van der Waals surface area contributed by atoms with Crippen LogP contribution in [0.4, 0.5) is 0 Å². The molecule has 3 rings (SSSR count). The summed E-state index contributed by atoms with van der Waals surface area (Å²) in [5.41, 5.74) is 0.000147. The van der Waals surface area contributed by atoms with E-state index in [-0.39, 0.29) is 23.7 Å². The van der Waals surface area contributed by atoms with Crippen molar-refractivity contribution in [3.05, 3.63) is 72.8 Å². The van der Waals surface area contributed by atoms with E-state index in [0.717, 1.165) is 28.6 Å². The molecule has 0 bridgehead atoms. The Labute approximate surface area is 214 Å². The number of hydrogen-bond donors (Lipinski definition) is 1.